The SMILES string of the molecule is CC(C)(C)CC(C)(C)C(=O)NC[C@@H](O)CO. The Morgan fingerprint density at radius 3 is 2.12 bits per heavy atom. The minimum atomic E-state index is -0.880. The summed E-state index contributed by atoms with van der Waals surface area (Å²) >= 11 is 0. The lowest BCUT2D eigenvalue weighted by molar-refractivity contribution is -0.131. The molecule has 0 aliphatic rings. The first-order valence-corrected chi connectivity index (χ1v) is 5.66. The van der Waals surface area contributed by atoms with Crippen LogP contribution in [0.15, 0.2) is 0 Å². The molecule has 0 heterocycles. The summed E-state index contributed by atoms with van der Waals surface area (Å²) in [5.74, 6) is -0.0880. The molecule has 0 radical (unpaired) electrons. The van der Waals surface area contributed by atoms with E-state index in [-0.39, 0.29) is 24.5 Å². The number of aliphatic hydroxyl groups is 2. The highest BCUT2D eigenvalue weighted by Gasteiger charge is 2.32. The van der Waals surface area contributed by atoms with Crippen molar-refractivity contribution in [3.8, 4) is 0 Å². The van der Waals surface area contributed by atoms with E-state index in [1.807, 2.05) is 13.8 Å². The molecule has 0 aromatic heterocycles. The highest BCUT2D eigenvalue weighted by Crippen LogP contribution is 2.33. The van der Waals surface area contributed by atoms with Crippen LogP contribution in [0.5, 0.6) is 0 Å². The van der Waals surface area contributed by atoms with Crippen LogP contribution in [0.1, 0.15) is 41.0 Å². The van der Waals surface area contributed by atoms with Gasteiger partial charge in [0.05, 0.1) is 12.7 Å². The van der Waals surface area contributed by atoms with E-state index in [2.05, 4.69) is 26.1 Å². The van der Waals surface area contributed by atoms with Crippen LogP contribution in [-0.2, 0) is 4.79 Å². The molecule has 0 spiro atoms. The lowest BCUT2D eigenvalue weighted by Crippen LogP contribution is -2.43. The predicted molar refractivity (Wildman–Crippen MR) is 64.0 cm³/mol. The van der Waals surface area contributed by atoms with Gasteiger partial charge in [-0.25, -0.2) is 0 Å². The molecule has 1 atom stereocenters. The Morgan fingerprint density at radius 2 is 1.75 bits per heavy atom. The molecule has 0 aromatic carbocycles. The molecule has 3 N–H and O–H groups in total. The second-order valence-corrected chi connectivity index (χ2v) is 6.17. The quantitative estimate of drug-likeness (QED) is 0.659. The van der Waals surface area contributed by atoms with Crippen LogP contribution in [0.3, 0.4) is 0 Å². The zero-order chi connectivity index (χ0) is 13.0. The average Bonchev–Trinajstić information content (AvgIpc) is 2.09. The van der Waals surface area contributed by atoms with Crippen LogP contribution in [0.25, 0.3) is 0 Å². The zero-order valence-electron chi connectivity index (χ0n) is 11.0. The largest absolute Gasteiger partial charge is 0.394 e. The fourth-order valence-corrected chi connectivity index (χ4v) is 1.92. The molecule has 16 heavy (non-hydrogen) atoms. The standard InChI is InChI=1S/C12H25NO3/c1-11(2,3)8-12(4,5)10(16)13-6-9(15)7-14/h9,14-15H,6-8H2,1-5H3,(H,13,16)/t9-/m1/s1. The van der Waals surface area contributed by atoms with Gasteiger partial charge in [-0.05, 0) is 11.8 Å². The number of hydrogen-bond donors (Lipinski definition) is 3. The van der Waals surface area contributed by atoms with E-state index >= 15 is 0 Å². The van der Waals surface area contributed by atoms with Crippen molar-refractivity contribution in [1.29, 1.82) is 0 Å². The molecule has 0 fully saturated rings. The molecule has 1 amide bonds. The summed E-state index contributed by atoms with van der Waals surface area (Å²) in [5.41, 5.74) is -0.385. The van der Waals surface area contributed by atoms with E-state index in [4.69, 9.17) is 10.2 Å². The third kappa shape index (κ3) is 6.08. The van der Waals surface area contributed by atoms with Crippen LogP contribution in [0.4, 0.5) is 0 Å². The molecule has 0 unspecified atom stereocenters. The molecular weight excluding hydrogens is 206 g/mol. The van der Waals surface area contributed by atoms with Crippen LogP contribution >= 0.6 is 0 Å². The maximum absolute atomic E-state index is 11.9. The van der Waals surface area contributed by atoms with Gasteiger partial charge in [0.1, 0.15) is 0 Å². The number of hydrogen-bond acceptors (Lipinski definition) is 3. The van der Waals surface area contributed by atoms with Crippen molar-refractivity contribution in [3.05, 3.63) is 0 Å². The van der Waals surface area contributed by atoms with Crippen molar-refractivity contribution in [1.82, 2.24) is 5.32 Å². The summed E-state index contributed by atoms with van der Waals surface area (Å²) in [4.78, 5) is 11.9. The second kappa shape index (κ2) is 5.64. The second-order valence-electron chi connectivity index (χ2n) is 6.17. The van der Waals surface area contributed by atoms with Gasteiger partial charge >= 0.3 is 0 Å². The lowest BCUT2D eigenvalue weighted by atomic mass is 9.76. The first kappa shape index (κ1) is 15.4. The minimum absolute atomic E-state index is 0.0798. The normalized spacial score (nSPS) is 14.7. The first-order valence-electron chi connectivity index (χ1n) is 5.66. The summed E-state index contributed by atoms with van der Waals surface area (Å²) in [6.45, 7) is 9.81. The fourth-order valence-electron chi connectivity index (χ4n) is 1.92. The van der Waals surface area contributed by atoms with Crippen molar-refractivity contribution in [3.63, 3.8) is 0 Å². The summed E-state index contributed by atoms with van der Waals surface area (Å²) < 4.78 is 0. The Bertz CT molecular complexity index is 231. The number of carbonyl (C=O) groups excluding carboxylic acids is 1. The molecule has 0 aromatic rings. The lowest BCUT2D eigenvalue weighted by Gasteiger charge is -2.31. The van der Waals surface area contributed by atoms with E-state index in [0.717, 1.165) is 6.42 Å². The predicted octanol–water partition coefficient (Wildman–Crippen LogP) is 0.918. The van der Waals surface area contributed by atoms with Crippen LogP contribution in [0.2, 0.25) is 0 Å². The van der Waals surface area contributed by atoms with Gasteiger partial charge in [-0.3, -0.25) is 4.79 Å². The maximum Gasteiger partial charge on any atom is 0.225 e. The molecule has 0 saturated heterocycles. The molecule has 0 aliphatic carbocycles. The summed E-state index contributed by atoms with van der Waals surface area (Å²) in [7, 11) is 0. The Hall–Kier alpha value is -0.610. The smallest absolute Gasteiger partial charge is 0.225 e. The molecule has 0 aliphatic heterocycles. The van der Waals surface area contributed by atoms with Crippen LogP contribution in [0, 0.1) is 10.8 Å². The van der Waals surface area contributed by atoms with Crippen molar-refractivity contribution in [2.75, 3.05) is 13.2 Å². The Labute approximate surface area is 98.1 Å². The van der Waals surface area contributed by atoms with Crippen LogP contribution in [-0.4, -0.2) is 35.4 Å². The van der Waals surface area contributed by atoms with E-state index in [1.165, 1.54) is 0 Å². The Morgan fingerprint density at radius 1 is 1.25 bits per heavy atom. The van der Waals surface area contributed by atoms with Crippen LogP contribution < -0.4 is 5.32 Å². The number of aliphatic hydroxyl groups excluding tert-OH is 2. The average molecular weight is 231 g/mol. The molecule has 96 valence electrons. The van der Waals surface area contributed by atoms with Gasteiger partial charge in [0.15, 0.2) is 0 Å². The summed E-state index contributed by atoms with van der Waals surface area (Å²) in [6, 6.07) is 0. The topological polar surface area (TPSA) is 69.6 Å². The van der Waals surface area contributed by atoms with Crippen molar-refractivity contribution in [2.45, 2.75) is 47.1 Å². The van der Waals surface area contributed by atoms with Gasteiger partial charge < -0.3 is 15.5 Å². The van der Waals surface area contributed by atoms with Gasteiger partial charge in [-0.1, -0.05) is 34.6 Å². The van der Waals surface area contributed by atoms with E-state index in [9.17, 15) is 4.79 Å². The molecule has 4 nitrogen and oxygen atoms in total. The first-order chi connectivity index (χ1) is 7.08. The Balaban J connectivity index is 4.25. The number of nitrogens with one attached hydrogen (secondary N) is 1. The molecule has 0 bridgehead atoms. The van der Waals surface area contributed by atoms with Gasteiger partial charge in [-0.15, -0.1) is 0 Å². The maximum atomic E-state index is 11.9. The zero-order valence-corrected chi connectivity index (χ0v) is 11.0. The molecule has 0 rings (SSSR count). The van der Waals surface area contributed by atoms with Crippen molar-refractivity contribution < 1.29 is 15.0 Å². The highest BCUT2D eigenvalue weighted by atomic mass is 16.3. The van der Waals surface area contributed by atoms with E-state index in [0.29, 0.717) is 0 Å². The number of rotatable bonds is 5. The number of amides is 1. The van der Waals surface area contributed by atoms with E-state index in [1.54, 1.807) is 0 Å². The molecular formula is C12H25NO3. The Kier molecular flexibility index (Phi) is 5.42. The van der Waals surface area contributed by atoms with Gasteiger partial charge in [-0.2, -0.15) is 0 Å². The minimum Gasteiger partial charge on any atom is -0.394 e. The molecule has 0 saturated carbocycles. The molecule has 4 heteroatoms. The van der Waals surface area contributed by atoms with E-state index < -0.39 is 11.5 Å². The number of carbonyl (C=O) groups is 1. The highest BCUT2D eigenvalue weighted by molar-refractivity contribution is 5.81. The van der Waals surface area contributed by atoms with Gasteiger partial charge in [0.2, 0.25) is 5.91 Å². The van der Waals surface area contributed by atoms with Crippen molar-refractivity contribution in [2.24, 2.45) is 10.8 Å². The third-order valence-corrected chi connectivity index (χ3v) is 2.30. The summed E-state index contributed by atoms with van der Waals surface area (Å²) in [6.07, 6.45) is -0.115. The fraction of sp³-hybridized carbons (Fsp3) is 0.917. The van der Waals surface area contributed by atoms with Crippen molar-refractivity contribution >= 4 is 5.91 Å². The van der Waals surface area contributed by atoms with Gasteiger partial charge in [0, 0.05) is 12.0 Å². The monoisotopic (exact) mass is 231 g/mol. The summed E-state index contributed by atoms with van der Waals surface area (Å²) in [5, 5.41) is 20.4. The van der Waals surface area contributed by atoms with Gasteiger partial charge in [0.25, 0.3) is 0 Å². The third-order valence-electron chi connectivity index (χ3n) is 2.30.